The SMILES string of the molecule is Cc1nc(-c2nnc3n2CC2CCCC3N2C(=O)c2cccc(C(F)(F)F)c2Cl)ccc1F. The van der Waals surface area contributed by atoms with Gasteiger partial charge in [0.05, 0.1) is 33.9 Å². The quantitative estimate of drug-likeness (QED) is 0.473. The second-order valence-electron chi connectivity index (χ2n) is 8.23. The van der Waals surface area contributed by atoms with Gasteiger partial charge in [0.25, 0.3) is 5.91 Å². The van der Waals surface area contributed by atoms with E-state index >= 15 is 0 Å². The average molecular weight is 480 g/mol. The number of alkyl halides is 3. The normalized spacial score (nSPS) is 20.0. The molecule has 0 N–H and O–H groups in total. The number of amides is 1. The van der Waals surface area contributed by atoms with Crippen LogP contribution in [0.25, 0.3) is 11.5 Å². The number of pyridine rings is 1. The van der Waals surface area contributed by atoms with Crippen molar-refractivity contribution >= 4 is 17.5 Å². The zero-order valence-electron chi connectivity index (χ0n) is 17.4. The summed E-state index contributed by atoms with van der Waals surface area (Å²) in [5.74, 6) is 0.00599. The summed E-state index contributed by atoms with van der Waals surface area (Å²) in [5, 5.41) is 7.92. The molecule has 2 aliphatic rings. The van der Waals surface area contributed by atoms with Crippen LogP contribution in [0.2, 0.25) is 5.02 Å². The maximum Gasteiger partial charge on any atom is 0.417 e. The molecule has 0 spiro atoms. The number of carbonyl (C=O) groups is 1. The van der Waals surface area contributed by atoms with E-state index < -0.39 is 34.5 Å². The predicted octanol–water partition coefficient (Wildman–Crippen LogP) is 5.21. The van der Waals surface area contributed by atoms with Gasteiger partial charge < -0.3 is 9.47 Å². The molecule has 0 aliphatic carbocycles. The molecule has 2 atom stereocenters. The monoisotopic (exact) mass is 479 g/mol. The molecular weight excluding hydrogens is 462 g/mol. The van der Waals surface area contributed by atoms with Crippen molar-refractivity contribution < 1.29 is 22.4 Å². The van der Waals surface area contributed by atoms with Crippen molar-refractivity contribution in [1.82, 2.24) is 24.6 Å². The van der Waals surface area contributed by atoms with Crippen LogP contribution in [0.4, 0.5) is 17.6 Å². The summed E-state index contributed by atoms with van der Waals surface area (Å²) < 4.78 is 55.5. The zero-order valence-corrected chi connectivity index (χ0v) is 18.2. The molecular formula is C22H18ClF4N5O. The van der Waals surface area contributed by atoms with Crippen molar-refractivity contribution in [3.05, 3.63) is 63.8 Å². The molecule has 5 rings (SSSR count). The molecule has 6 nitrogen and oxygen atoms in total. The van der Waals surface area contributed by atoms with Gasteiger partial charge in [-0.1, -0.05) is 17.7 Å². The van der Waals surface area contributed by atoms with Crippen molar-refractivity contribution in [2.24, 2.45) is 0 Å². The van der Waals surface area contributed by atoms with Gasteiger partial charge in [-0.05, 0) is 50.5 Å². The first-order chi connectivity index (χ1) is 15.7. The number of hydrogen-bond acceptors (Lipinski definition) is 4. The van der Waals surface area contributed by atoms with Gasteiger partial charge in [-0.2, -0.15) is 13.2 Å². The Labute approximate surface area is 191 Å². The van der Waals surface area contributed by atoms with E-state index in [1.165, 1.54) is 24.3 Å². The summed E-state index contributed by atoms with van der Waals surface area (Å²) in [6, 6.07) is 5.46. The van der Waals surface area contributed by atoms with E-state index in [2.05, 4.69) is 15.2 Å². The Hall–Kier alpha value is -3.01. The minimum Gasteiger partial charge on any atom is -0.324 e. The minimum atomic E-state index is -4.67. The van der Waals surface area contributed by atoms with Gasteiger partial charge in [0.15, 0.2) is 11.6 Å². The maximum absolute atomic E-state index is 13.7. The van der Waals surface area contributed by atoms with E-state index in [0.29, 0.717) is 36.7 Å². The number of halogens is 5. The van der Waals surface area contributed by atoms with Crippen molar-refractivity contribution in [2.45, 2.75) is 51.0 Å². The minimum absolute atomic E-state index is 0.188. The number of aryl methyl sites for hydroxylation is 1. The van der Waals surface area contributed by atoms with Crippen LogP contribution in [0.3, 0.4) is 0 Å². The molecule has 11 heteroatoms. The smallest absolute Gasteiger partial charge is 0.324 e. The first-order valence-electron chi connectivity index (χ1n) is 10.4. The molecule has 2 bridgehead atoms. The molecule has 1 fully saturated rings. The van der Waals surface area contributed by atoms with Gasteiger partial charge in [0.1, 0.15) is 11.5 Å². The third kappa shape index (κ3) is 3.56. The molecule has 1 aromatic carbocycles. The van der Waals surface area contributed by atoms with Crippen molar-refractivity contribution in [3.63, 3.8) is 0 Å². The first-order valence-corrected chi connectivity index (χ1v) is 10.8. The maximum atomic E-state index is 13.7. The molecule has 4 heterocycles. The van der Waals surface area contributed by atoms with Crippen LogP contribution in [-0.2, 0) is 12.7 Å². The summed E-state index contributed by atoms with van der Waals surface area (Å²) in [4.78, 5) is 19.3. The predicted molar refractivity (Wildman–Crippen MR) is 111 cm³/mol. The third-order valence-electron chi connectivity index (χ3n) is 6.23. The highest BCUT2D eigenvalue weighted by molar-refractivity contribution is 6.34. The van der Waals surface area contributed by atoms with E-state index in [9.17, 15) is 22.4 Å². The summed E-state index contributed by atoms with van der Waals surface area (Å²) in [6.45, 7) is 1.91. The molecule has 0 radical (unpaired) electrons. The van der Waals surface area contributed by atoms with Crippen LogP contribution in [0.1, 0.15) is 52.7 Å². The molecule has 3 aromatic rings. The number of carbonyl (C=O) groups excluding carboxylic acids is 1. The Bertz CT molecular complexity index is 1260. The van der Waals surface area contributed by atoms with Gasteiger partial charge in [0, 0.05) is 6.54 Å². The fourth-order valence-corrected chi connectivity index (χ4v) is 5.00. The Morgan fingerprint density at radius 3 is 2.67 bits per heavy atom. The van der Waals surface area contributed by atoms with Crippen molar-refractivity contribution in [2.75, 3.05) is 0 Å². The van der Waals surface area contributed by atoms with Crippen LogP contribution in [0.5, 0.6) is 0 Å². The number of hydrogen-bond donors (Lipinski definition) is 0. The first kappa shape index (κ1) is 21.8. The van der Waals surface area contributed by atoms with Crippen LogP contribution >= 0.6 is 11.6 Å². The third-order valence-corrected chi connectivity index (χ3v) is 6.64. The lowest BCUT2D eigenvalue weighted by molar-refractivity contribution is -0.137. The van der Waals surface area contributed by atoms with E-state index in [-0.39, 0.29) is 17.3 Å². The van der Waals surface area contributed by atoms with Gasteiger partial charge in [-0.3, -0.25) is 4.79 Å². The fourth-order valence-electron chi connectivity index (χ4n) is 4.69. The summed E-state index contributed by atoms with van der Waals surface area (Å²) in [6.07, 6.45) is -2.56. The largest absolute Gasteiger partial charge is 0.417 e. The molecule has 0 saturated carbocycles. The molecule has 2 aromatic heterocycles. The number of nitrogens with zero attached hydrogens (tertiary/aromatic N) is 5. The van der Waals surface area contributed by atoms with Crippen LogP contribution in [0, 0.1) is 12.7 Å². The second-order valence-corrected chi connectivity index (χ2v) is 8.61. The summed E-state index contributed by atoms with van der Waals surface area (Å²) >= 11 is 6.04. The molecule has 1 amide bonds. The van der Waals surface area contributed by atoms with E-state index in [4.69, 9.17) is 11.6 Å². The summed E-state index contributed by atoms with van der Waals surface area (Å²) in [5.41, 5.74) is -0.531. The molecule has 33 heavy (non-hydrogen) atoms. The Kier molecular flexibility index (Phi) is 5.15. The lowest BCUT2D eigenvalue weighted by Gasteiger charge is -2.45. The molecule has 1 saturated heterocycles. The lowest BCUT2D eigenvalue weighted by Crippen LogP contribution is -2.52. The second kappa shape index (κ2) is 7.79. The van der Waals surface area contributed by atoms with E-state index in [0.717, 1.165) is 12.5 Å². The standard InChI is InChI=1S/C22H18ClF4N5O/c1-11-15(24)8-9-16(28-11)19-29-30-20-17-7-2-4-12(10-31(19)20)32(17)21(33)13-5-3-6-14(18(13)23)22(25,26)27/h3,5-6,8-9,12,17H,2,4,7,10H2,1H3. The average Bonchev–Trinajstić information content (AvgIpc) is 3.17. The highest BCUT2D eigenvalue weighted by Crippen LogP contribution is 2.42. The number of rotatable bonds is 2. The Balaban J connectivity index is 1.54. The Morgan fingerprint density at radius 1 is 1.15 bits per heavy atom. The van der Waals surface area contributed by atoms with Crippen LogP contribution in [0.15, 0.2) is 30.3 Å². The van der Waals surface area contributed by atoms with Gasteiger partial charge in [-0.15, -0.1) is 10.2 Å². The van der Waals surface area contributed by atoms with Gasteiger partial charge in [-0.25, -0.2) is 9.37 Å². The Morgan fingerprint density at radius 2 is 1.94 bits per heavy atom. The lowest BCUT2D eigenvalue weighted by atomic mass is 9.90. The number of fused-ring (bicyclic) bond motifs is 4. The van der Waals surface area contributed by atoms with Crippen LogP contribution < -0.4 is 0 Å². The number of benzene rings is 1. The zero-order chi connectivity index (χ0) is 23.5. The van der Waals surface area contributed by atoms with Crippen molar-refractivity contribution in [3.8, 4) is 11.5 Å². The highest BCUT2D eigenvalue weighted by atomic mass is 35.5. The van der Waals surface area contributed by atoms with Gasteiger partial charge >= 0.3 is 6.18 Å². The van der Waals surface area contributed by atoms with Gasteiger partial charge in [0.2, 0.25) is 0 Å². The topological polar surface area (TPSA) is 63.9 Å². The highest BCUT2D eigenvalue weighted by Gasteiger charge is 2.44. The summed E-state index contributed by atoms with van der Waals surface area (Å²) in [7, 11) is 0. The fraction of sp³-hybridized carbons (Fsp3) is 0.364. The molecule has 172 valence electrons. The number of piperidine rings is 1. The van der Waals surface area contributed by atoms with E-state index in [1.807, 2.05) is 4.57 Å². The van der Waals surface area contributed by atoms with Crippen LogP contribution in [-0.4, -0.2) is 36.6 Å². The number of aromatic nitrogens is 4. The molecule has 2 unspecified atom stereocenters. The van der Waals surface area contributed by atoms with Crippen molar-refractivity contribution in [1.29, 1.82) is 0 Å². The molecule has 2 aliphatic heterocycles. The van der Waals surface area contributed by atoms with E-state index in [1.54, 1.807) is 11.8 Å².